The Kier molecular flexibility index (Phi) is 4.02. The van der Waals surface area contributed by atoms with Gasteiger partial charge in [0.1, 0.15) is 0 Å². The second-order valence-corrected chi connectivity index (χ2v) is 6.21. The standard InChI is InChI=1S/C15H10BrCl2N3/c1-8-6-11(16)13(7-12(8)17)19-15-10-5-3-2-4-9(10)14(18)20-21-15/h2-7H,1H3,(H,19,21). The van der Waals surface area contributed by atoms with Gasteiger partial charge in [0.25, 0.3) is 0 Å². The molecule has 0 aliphatic rings. The molecule has 0 atom stereocenters. The van der Waals surface area contributed by atoms with Crippen molar-refractivity contribution in [1.29, 1.82) is 0 Å². The largest absolute Gasteiger partial charge is 0.337 e. The first kappa shape index (κ1) is 14.6. The van der Waals surface area contributed by atoms with Crippen LogP contribution in [0.15, 0.2) is 40.9 Å². The summed E-state index contributed by atoms with van der Waals surface area (Å²) in [5.74, 6) is 0.635. The maximum Gasteiger partial charge on any atom is 0.161 e. The molecule has 6 heteroatoms. The van der Waals surface area contributed by atoms with E-state index in [1.165, 1.54) is 0 Å². The van der Waals surface area contributed by atoms with Crippen LogP contribution in [0.1, 0.15) is 5.56 Å². The normalized spacial score (nSPS) is 10.9. The lowest BCUT2D eigenvalue weighted by Gasteiger charge is -2.11. The monoisotopic (exact) mass is 381 g/mol. The van der Waals surface area contributed by atoms with Gasteiger partial charge in [0, 0.05) is 20.3 Å². The lowest BCUT2D eigenvalue weighted by atomic mass is 10.2. The number of aryl methyl sites for hydroxylation is 1. The number of hydrogen-bond donors (Lipinski definition) is 1. The highest BCUT2D eigenvalue weighted by atomic mass is 79.9. The van der Waals surface area contributed by atoms with Gasteiger partial charge >= 0.3 is 0 Å². The highest BCUT2D eigenvalue weighted by molar-refractivity contribution is 9.10. The van der Waals surface area contributed by atoms with Gasteiger partial charge in [0.2, 0.25) is 0 Å². The zero-order chi connectivity index (χ0) is 15.0. The summed E-state index contributed by atoms with van der Waals surface area (Å²) in [5.41, 5.74) is 1.83. The second kappa shape index (κ2) is 5.79. The predicted octanol–water partition coefficient (Wildman–Crippen LogP) is 5.75. The van der Waals surface area contributed by atoms with Gasteiger partial charge in [0.15, 0.2) is 11.0 Å². The highest BCUT2D eigenvalue weighted by Gasteiger charge is 2.10. The Balaban J connectivity index is 2.11. The first-order valence-corrected chi connectivity index (χ1v) is 7.75. The quantitative estimate of drug-likeness (QED) is 0.612. The van der Waals surface area contributed by atoms with Crippen LogP contribution < -0.4 is 5.32 Å². The van der Waals surface area contributed by atoms with E-state index in [1.54, 1.807) is 0 Å². The summed E-state index contributed by atoms with van der Waals surface area (Å²) in [7, 11) is 0. The average Bonchev–Trinajstić information content (AvgIpc) is 2.48. The fourth-order valence-corrected chi connectivity index (χ4v) is 2.96. The van der Waals surface area contributed by atoms with E-state index in [4.69, 9.17) is 23.2 Å². The molecule has 106 valence electrons. The van der Waals surface area contributed by atoms with Gasteiger partial charge in [-0.05, 0) is 40.5 Å². The summed E-state index contributed by atoms with van der Waals surface area (Å²) in [5, 5.41) is 14.2. The van der Waals surface area contributed by atoms with E-state index >= 15 is 0 Å². The second-order valence-electron chi connectivity index (χ2n) is 4.59. The summed E-state index contributed by atoms with van der Waals surface area (Å²) in [4.78, 5) is 0. The van der Waals surface area contributed by atoms with Gasteiger partial charge in [-0.25, -0.2) is 0 Å². The Labute approximate surface area is 140 Å². The van der Waals surface area contributed by atoms with Crippen LogP contribution in [0.25, 0.3) is 10.8 Å². The fraction of sp³-hybridized carbons (Fsp3) is 0.0667. The third-order valence-electron chi connectivity index (χ3n) is 3.14. The van der Waals surface area contributed by atoms with Crippen molar-refractivity contribution in [2.75, 3.05) is 5.32 Å². The van der Waals surface area contributed by atoms with Crippen molar-refractivity contribution in [3.8, 4) is 0 Å². The van der Waals surface area contributed by atoms with E-state index in [9.17, 15) is 0 Å². The lowest BCUT2D eigenvalue weighted by Crippen LogP contribution is -1.98. The van der Waals surface area contributed by atoms with Gasteiger partial charge in [-0.2, -0.15) is 0 Å². The van der Waals surface area contributed by atoms with E-state index in [2.05, 4.69) is 31.4 Å². The number of nitrogens with one attached hydrogen (secondary N) is 1. The fourth-order valence-electron chi connectivity index (χ4n) is 2.03. The number of benzene rings is 2. The summed E-state index contributed by atoms with van der Waals surface area (Å²) in [6, 6.07) is 11.5. The molecular weight excluding hydrogens is 373 g/mol. The van der Waals surface area contributed by atoms with E-state index < -0.39 is 0 Å². The van der Waals surface area contributed by atoms with Gasteiger partial charge < -0.3 is 5.32 Å². The van der Waals surface area contributed by atoms with Crippen molar-refractivity contribution in [2.24, 2.45) is 0 Å². The molecule has 0 unspecified atom stereocenters. The zero-order valence-electron chi connectivity index (χ0n) is 11.0. The van der Waals surface area contributed by atoms with Gasteiger partial charge in [-0.15, -0.1) is 10.2 Å². The molecule has 0 spiro atoms. The molecular formula is C15H10BrCl2N3. The highest BCUT2D eigenvalue weighted by Crippen LogP contribution is 2.33. The third-order valence-corrected chi connectivity index (χ3v) is 4.49. The molecule has 1 aromatic heterocycles. The van der Waals surface area contributed by atoms with E-state index in [-0.39, 0.29) is 0 Å². The van der Waals surface area contributed by atoms with E-state index in [0.717, 1.165) is 26.5 Å². The molecule has 0 aliphatic carbocycles. The van der Waals surface area contributed by atoms with Crippen LogP contribution in [0.3, 0.4) is 0 Å². The molecule has 0 radical (unpaired) electrons. The molecule has 3 nitrogen and oxygen atoms in total. The van der Waals surface area contributed by atoms with Gasteiger partial charge in [-0.1, -0.05) is 47.5 Å². The van der Waals surface area contributed by atoms with Crippen LogP contribution in [-0.2, 0) is 0 Å². The molecule has 3 rings (SSSR count). The van der Waals surface area contributed by atoms with Crippen LogP contribution in [0.5, 0.6) is 0 Å². The van der Waals surface area contributed by atoms with Crippen molar-refractivity contribution < 1.29 is 0 Å². The number of rotatable bonds is 2. The Morgan fingerprint density at radius 1 is 1.05 bits per heavy atom. The van der Waals surface area contributed by atoms with Crippen molar-refractivity contribution >= 4 is 61.4 Å². The number of anilines is 2. The number of nitrogens with zero attached hydrogens (tertiary/aromatic N) is 2. The number of halogens is 3. The smallest absolute Gasteiger partial charge is 0.161 e. The molecule has 0 bridgehead atoms. The molecule has 3 aromatic rings. The minimum absolute atomic E-state index is 0.386. The van der Waals surface area contributed by atoms with Crippen LogP contribution in [0.4, 0.5) is 11.5 Å². The minimum atomic E-state index is 0.386. The first-order valence-electron chi connectivity index (χ1n) is 6.20. The number of aromatic nitrogens is 2. The molecule has 0 saturated carbocycles. The third kappa shape index (κ3) is 2.84. The summed E-state index contributed by atoms with van der Waals surface area (Å²) in [6.45, 7) is 1.95. The number of fused-ring (bicyclic) bond motifs is 1. The van der Waals surface area contributed by atoms with Gasteiger partial charge in [-0.3, -0.25) is 0 Å². The maximum atomic E-state index is 6.18. The predicted molar refractivity (Wildman–Crippen MR) is 91.7 cm³/mol. The Hall–Kier alpha value is -1.36. The minimum Gasteiger partial charge on any atom is -0.337 e. The van der Waals surface area contributed by atoms with E-state index in [1.807, 2.05) is 43.3 Å². The Bertz CT molecular complexity index is 837. The molecule has 1 N–H and O–H groups in total. The van der Waals surface area contributed by atoms with Crippen molar-refractivity contribution in [1.82, 2.24) is 10.2 Å². The molecule has 0 saturated heterocycles. The topological polar surface area (TPSA) is 37.8 Å². The average molecular weight is 383 g/mol. The van der Waals surface area contributed by atoms with Crippen molar-refractivity contribution in [3.63, 3.8) is 0 Å². The Morgan fingerprint density at radius 3 is 2.52 bits per heavy atom. The van der Waals surface area contributed by atoms with Crippen LogP contribution >= 0.6 is 39.1 Å². The number of hydrogen-bond acceptors (Lipinski definition) is 3. The molecule has 1 heterocycles. The van der Waals surface area contributed by atoms with Gasteiger partial charge in [0.05, 0.1) is 5.69 Å². The SMILES string of the molecule is Cc1cc(Br)c(Nc2nnc(Cl)c3ccccc23)cc1Cl. The Morgan fingerprint density at radius 2 is 1.76 bits per heavy atom. The summed E-state index contributed by atoms with van der Waals surface area (Å²) >= 11 is 15.8. The van der Waals surface area contributed by atoms with Crippen LogP contribution in [0, 0.1) is 6.92 Å². The molecule has 2 aromatic carbocycles. The van der Waals surface area contributed by atoms with Crippen LogP contribution in [0.2, 0.25) is 10.2 Å². The van der Waals surface area contributed by atoms with Crippen LogP contribution in [-0.4, -0.2) is 10.2 Å². The molecule has 0 aliphatic heterocycles. The zero-order valence-corrected chi connectivity index (χ0v) is 14.1. The summed E-state index contributed by atoms with van der Waals surface area (Å²) in [6.07, 6.45) is 0. The molecule has 0 fully saturated rings. The summed E-state index contributed by atoms with van der Waals surface area (Å²) < 4.78 is 0.908. The maximum absolute atomic E-state index is 6.18. The molecule has 0 amide bonds. The lowest BCUT2D eigenvalue weighted by molar-refractivity contribution is 1.05. The first-order chi connectivity index (χ1) is 10.1. The van der Waals surface area contributed by atoms with Crippen molar-refractivity contribution in [2.45, 2.75) is 6.92 Å². The van der Waals surface area contributed by atoms with Crippen molar-refractivity contribution in [3.05, 3.63) is 56.6 Å². The molecule has 21 heavy (non-hydrogen) atoms. The van der Waals surface area contributed by atoms with E-state index in [0.29, 0.717) is 16.0 Å².